The minimum Gasteiger partial charge on any atom is -0.394 e. The molecule has 6 aliphatic heterocycles. The molecule has 0 aliphatic carbocycles. The van der Waals surface area contributed by atoms with Gasteiger partial charge in [0.15, 0.2) is 51.8 Å². The zero-order valence-electron chi connectivity index (χ0n) is 70.8. The van der Waals surface area contributed by atoms with Crippen molar-refractivity contribution in [2.45, 2.75) is 166 Å². The number of ether oxygens (including phenoxy) is 6. The standard InChI is InChI=1S/C67H91N25O29P6S6/c1-25-11-87(66(97)81-49(25)68)60-28(4)45(36(112-60)16-107-126(102,132)121-48-31(7)63(92-24-80-43-55(92)83-65(72)85-58(43)96)115-38(48)18-108-125(101,131)118-44-27(3)59(111-33(44)13-93)88-12-26(2)56(94)86-67(88)98)117-122(9,128)105-15-35-46(29(5)61(113-35)90-22-77-40-50(69)73-19-75-52(40)90)119-127(103,133)109-17-37-47(30(6)62(114-37)91-23-78-41-51(70)74-20-76-53(41)91)120-124(100,130)106-14-34-32(116-123(99,129)104-8)10-39(110-34)89-21-79-42-54(89)82-64(71)84-57(42)95/h11-12,19-24,27-39,44-48,59-63,93,128H,9-10,13-18H2,1-8H3,(H,99,129)(H,100,130)(H,101,131)(H,102,132)(H,103,133)(H2,68,81,97)(H2,69,73,75)(H2,70,74,76)(H,86,94,98)(H3,71,82,84,95)(H3,72,83,85,96)/t27?,28?,29?,30?,31?,32-,33-,34-,35-,36-,37-,38-,39-,44-,45-,46-,47-,48-,59-,60-,61-,62-,63-,122?,123?,124?,125?,126?,127?/m1/s1. The lowest BCUT2D eigenvalue weighted by atomic mass is 10.0. The Labute approximate surface area is 780 Å². The molecule has 0 radical (unpaired) electrons. The molecule has 54 nitrogen and oxygen atoms in total. The maximum absolute atomic E-state index is 13.9. The minimum absolute atomic E-state index is 0.0340. The van der Waals surface area contributed by atoms with Crippen LogP contribution in [0.5, 0.6) is 0 Å². The van der Waals surface area contributed by atoms with E-state index in [-0.39, 0.29) is 86.0 Å². The number of nitrogens with one attached hydrogen (secondary N) is 3. The third-order valence-electron chi connectivity index (χ3n) is 23.1. The monoisotopic (exact) mass is 2090 g/mol. The smallest absolute Gasteiger partial charge is 0.351 e. The number of thiol groups is 1. The quantitative estimate of drug-likeness (QED) is 0.0197. The molecule has 133 heavy (non-hydrogen) atoms. The van der Waals surface area contributed by atoms with Gasteiger partial charge in [0.1, 0.15) is 134 Å². The Balaban J connectivity index is 0.636. The molecule has 6 aliphatic rings. The lowest BCUT2D eigenvalue weighted by Crippen LogP contribution is -2.36. The largest absolute Gasteiger partial charge is 0.394 e. The Morgan fingerprint density at radius 3 is 1.25 bits per heavy atom. The van der Waals surface area contributed by atoms with Crippen molar-refractivity contribution in [3.8, 4) is 0 Å². The number of rotatable bonds is 35. The number of aromatic nitrogens is 20. The number of aliphatic hydroxyl groups excluding tert-OH is 1. The second kappa shape index (κ2) is 38.8. The van der Waals surface area contributed by atoms with E-state index < -0.39 is 248 Å². The van der Waals surface area contributed by atoms with Gasteiger partial charge in [-0.2, -0.15) is 15.0 Å². The number of imidazole rings is 4. The first-order chi connectivity index (χ1) is 62.7. The lowest BCUT2D eigenvalue weighted by Gasteiger charge is -2.31. The number of aromatic amines is 3. The van der Waals surface area contributed by atoms with Crippen molar-refractivity contribution >= 4 is 192 Å². The summed E-state index contributed by atoms with van der Waals surface area (Å²) in [7, 11) is 1.15. The van der Waals surface area contributed by atoms with E-state index in [0.29, 0.717) is 5.56 Å². The third kappa shape index (κ3) is 20.8. The second-order valence-electron chi connectivity index (χ2n) is 32.0. The molecule has 29 atom stereocenters. The molecule has 16 rings (SSSR count). The molecule has 10 aromatic rings. The van der Waals surface area contributed by atoms with E-state index in [1.165, 1.54) is 75.5 Å². The van der Waals surface area contributed by atoms with Gasteiger partial charge in [0.05, 0.1) is 71.1 Å². The highest BCUT2D eigenvalue weighted by atomic mass is 32.7. The van der Waals surface area contributed by atoms with Crippen LogP contribution in [0.25, 0.3) is 44.7 Å². The molecule has 6 saturated heterocycles. The normalized spacial score (nSPS) is 31.3. The van der Waals surface area contributed by atoms with Crippen LogP contribution in [0.15, 0.2) is 74.3 Å². The molecule has 19 N–H and O–H groups in total. The highest BCUT2D eigenvalue weighted by Crippen LogP contribution is 2.61. The Bertz CT molecular complexity index is 6740. The molecule has 724 valence electrons. The fraction of sp³-hybridized carbons (Fsp3) is 0.567. The highest BCUT2D eigenvalue weighted by Gasteiger charge is 2.55. The fourth-order valence-electron chi connectivity index (χ4n) is 16.6. The minimum atomic E-state index is -4.66. The van der Waals surface area contributed by atoms with E-state index in [1.54, 1.807) is 46.1 Å². The average molecular weight is 2090 g/mol. The lowest BCUT2D eigenvalue weighted by molar-refractivity contribution is -0.0557. The van der Waals surface area contributed by atoms with Crippen LogP contribution in [0.3, 0.4) is 0 Å². The number of aliphatic hydroxyl groups is 1. The first kappa shape index (κ1) is 99.3. The zero-order chi connectivity index (χ0) is 95.5. The Morgan fingerprint density at radius 2 is 0.805 bits per heavy atom. The Morgan fingerprint density at radius 1 is 0.436 bits per heavy atom. The summed E-state index contributed by atoms with van der Waals surface area (Å²) in [6.07, 6.45) is -7.36. The number of nitrogens with zero attached hydrogens (tertiary/aromatic N) is 17. The number of H-pyrrole nitrogens is 3. The number of anilines is 5. The van der Waals surface area contributed by atoms with Gasteiger partial charge in [-0.1, -0.05) is 46.9 Å². The first-order valence-corrected chi connectivity index (χ1v) is 56.1. The predicted octanol–water partition coefficient (Wildman–Crippen LogP) is 1.46. The molecule has 6 fully saturated rings. The van der Waals surface area contributed by atoms with E-state index in [1.807, 2.05) is 0 Å². The summed E-state index contributed by atoms with van der Waals surface area (Å²) in [6.45, 7) is -18.5. The van der Waals surface area contributed by atoms with Crippen LogP contribution in [0, 0.1) is 43.4 Å². The van der Waals surface area contributed by atoms with Crippen molar-refractivity contribution < 1.29 is 112 Å². The van der Waals surface area contributed by atoms with Crippen molar-refractivity contribution in [3.63, 3.8) is 0 Å². The molecule has 11 unspecified atom stereocenters. The summed E-state index contributed by atoms with van der Waals surface area (Å²) in [6, 6.07) is 0. The molecule has 0 bridgehead atoms. The number of fused-ring (bicyclic) bond motifs is 4. The van der Waals surface area contributed by atoms with Crippen molar-refractivity contribution in [2.24, 2.45) is 29.6 Å². The fourth-order valence-corrected chi connectivity index (χ4v) is 25.3. The van der Waals surface area contributed by atoms with Gasteiger partial charge in [-0.25, -0.2) is 49.5 Å². The summed E-state index contributed by atoms with van der Waals surface area (Å²) in [5.74, 6) is -4.84. The van der Waals surface area contributed by atoms with E-state index in [4.69, 9.17) is 183 Å². The van der Waals surface area contributed by atoms with Gasteiger partial charge >= 0.3 is 45.0 Å². The molecule has 0 amide bonds. The molecular weight excluding hydrogens is 2000 g/mol. The number of nitrogen functional groups attached to an aromatic ring is 5. The van der Waals surface area contributed by atoms with Gasteiger partial charge in [-0.15, -0.1) is 0 Å². The predicted molar refractivity (Wildman–Crippen MR) is 491 cm³/mol. The topological polar surface area (TPSA) is 722 Å². The van der Waals surface area contributed by atoms with Gasteiger partial charge < -0.3 is 141 Å². The van der Waals surface area contributed by atoms with Crippen molar-refractivity contribution in [3.05, 3.63) is 114 Å². The highest BCUT2D eigenvalue weighted by molar-refractivity contribution is 8.48. The van der Waals surface area contributed by atoms with Gasteiger partial charge in [-0.05, 0) is 79.2 Å². The molecule has 66 heteroatoms. The summed E-state index contributed by atoms with van der Waals surface area (Å²) in [4.78, 5) is 179. The van der Waals surface area contributed by atoms with Crippen LogP contribution >= 0.6 is 52.4 Å². The maximum atomic E-state index is 13.9. The maximum Gasteiger partial charge on any atom is 0.351 e. The molecule has 16 heterocycles. The van der Waals surface area contributed by atoms with Gasteiger partial charge in [-0.3, -0.25) is 56.7 Å². The summed E-state index contributed by atoms with van der Waals surface area (Å²) in [5.41, 5.74) is 28.1. The van der Waals surface area contributed by atoms with Crippen molar-refractivity contribution in [2.75, 3.05) is 75.4 Å². The third-order valence-corrected chi connectivity index (χ3v) is 32.8. The summed E-state index contributed by atoms with van der Waals surface area (Å²) >= 11 is 33.1. The molecule has 0 saturated carbocycles. The molecular formula is C67H91N25O29P6S6. The van der Waals surface area contributed by atoms with Crippen molar-refractivity contribution in [1.82, 2.24) is 97.2 Å². The average Bonchev–Trinajstić information content (AvgIpc) is 1.64. The number of nitrogens with two attached hydrogens (primary N) is 5. The first-order valence-electron chi connectivity index (χ1n) is 40.2. The van der Waals surface area contributed by atoms with Gasteiger partial charge in [0.2, 0.25) is 11.9 Å². The van der Waals surface area contributed by atoms with Crippen LogP contribution in [-0.4, -0.2) is 253 Å². The van der Waals surface area contributed by atoms with E-state index in [9.17, 15) is 53.5 Å². The van der Waals surface area contributed by atoms with Crippen molar-refractivity contribution in [1.29, 1.82) is 0 Å². The van der Waals surface area contributed by atoms with Crippen LogP contribution in [0.4, 0.5) is 29.4 Å². The van der Waals surface area contributed by atoms with Crippen LogP contribution in [-0.2, 0) is 142 Å². The van der Waals surface area contributed by atoms with E-state index >= 15 is 0 Å². The number of hydrogen-bond acceptors (Lipinski definition) is 46. The second-order valence-corrected chi connectivity index (χ2v) is 49.6. The molecule has 10 aromatic heterocycles. The van der Waals surface area contributed by atoms with Gasteiger partial charge in [0.25, 0.3) is 16.7 Å². The molecule has 0 spiro atoms. The SMILES string of the molecule is C=P(S)(OC[C@H]1O[C@@H](n2cnc3c(N)ncnc32)C(C)[C@H]1OP(O)(=S)OC[C@H]1O[C@@H](n2cnc3c(N)ncnc32)C(C)[C@H]1OP(O)(=S)OC[C@H]1O[C@@H](n2cnc3c(=O)[nH]c(N)nc32)C[C@H]1OP(O)(=S)OC)O[C@@H]1C(C)[C@H](n2cc(C)c(N)nc2=O)O[C@@H]1COP(O)(=S)O[C@@H]1C(C)[C@H](n2cnc3c(=O)[nH]c(N)nc32)O[C@@H]1COP(O)(=S)O[C@@H]1C(C)[C@H](n2cc(C)c(=O)[nH]c2=O)O[C@@H]1CO. The zero-order valence-corrected chi connectivity index (χ0v) is 81.1. The van der Waals surface area contributed by atoms with Gasteiger partial charge in [0, 0.05) is 66.6 Å². The van der Waals surface area contributed by atoms with E-state index in [0.717, 1.165) is 11.7 Å². The van der Waals surface area contributed by atoms with Crippen LogP contribution in [0.1, 0.15) is 89.5 Å². The van der Waals surface area contributed by atoms with E-state index in [2.05, 4.69) is 76.1 Å². The Hall–Kier alpha value is -6.70. The Kier molecular flexibility index (Phi) is 29.0. The number of hydrogen-bond donors (Lipinski definition) is 15. The summed E-state index contributed by atoms with van der Waals surface area (Å²) in [5, 5.41) is 10.5. The summed E-state index contributed by atoms with van der Waals surface area (Å²) < 4.78 is 121. The van der Waals surface area contributed by atoms with Crippen LogP contribution < -0.4 is 56.7 Å². The van der Waals surface area contributed by atoms with Crippen LogP contribution in [0.2, 0.25) is 0 Å². The molecule has 0 aromatic carbocycles. The number of aryl methyl sites for hydroxylation is 2.